The smallest absolute Gasteiger partial charge is 0.354 e. The molecule has 0 unspecified atom stereocenters. The molecule has 5 heteroatoms. The van der Waals surface area contributed by atoms with E-state index < -0.39 is 5.97 Å². The topological polar surface area (TPSA) is 59.2 Å². The van der Waals surface area contributed by atoms with E-state index in [1.54, 1.807) is 13.0 Å². The summed E-state index contributed by atoms with van der Waals surface area (Å²) < 4.78 is 5.67. The van der Waals surface area contributed by atoms with Gasteiger partial charge in [0.1, 0.15) is 5.69 Å². The SMILES string of the molecule is CCCCCCCCCCCC(=O)c1cc(C(=O)OCC)[nH]c1I. The van der Waals surface area contributed by atoms with Crippen LogP contribution >= 0.6 is 22.6 Å². The van der Waals surface area contributed by atoms with Gasteiger partial charge in [-0.15, -0.1) is 0 Å². The molecule has 0 aliphatic rings. The molecule has 0 aliphatic heterocycles. The highest BCUT2D eigenvalue weighted by atomic mass is 127. The Bertz CT molecular complexity index is 511. The molecule has 1 aromatic heterocycles. The van der Waals surface area contributed by atoms with Gasteiger partial charge in [0.05, 0.1) is 10.3 Å². The first-order valence-electron chi connectivity index (χ1n) is 9.19. The molecule has 1 aromatic rings. The number of Topliss-reactive ketones (excluding diaryl/α,β-unsaturated/α-hetero) is 1. The third-order valence-corrected chi connectivity index (χ3v) is 4.92. The molecule has 0 saturated heterocycles. The lowest BCUT2D eigenvalue weighted by molar-refractivity contribution is 0.0520. The highest BCUT2D eigenvalue weighted by Crippen LogP contribution is 2.18. The van der Waals surface area contributed by atoms with Gasteiger partial charge in [-0.2, -0.15) is 0 Å². The van der Waals surface area contributed by atoms with Gasteiger partial charge < -0.3 is 9.72 Å². The summed E-state index contributed by atoms with van der Waals surface area (Å²) in [5.41, 5.74) is 0.967. The van der Waals surface area contributed by atoms with Gasteiger partial charge in [0.15, 0.2) is 5.78 Å². The normalized spacial score (nSPS) is 10.8. The number of aromatic nitrogens is 1. The molecular weight excluding hydrogens is 417 g/mol. The molecule has 1 N–H and O–H groups in total. The van der Waals surface area contributed by atoms with Crippen molar-refractivity contribution in [3.05, 3.63) is 21.0 Å². The lowest BCUT2D eigenvalue weighted by Gasteiger charge is -2.02. The third kappa shape index (κ3) is 7.81. The molecule has 0 amide bonds. The number of nitrogens with one attached hydrogen (secondary N) is 1. The number of ketones is 1. The maximum Gasteiger partial charge on any atom is 0.354 e. The number of carbonyl (C=O) groups excluding carboxylic acids is 2. The van der Waals surface area contributed by atoms with Gasteiger partial charge in [0, 0.05) is 12.0 Å². The van der Waals surface area contributed by atoms with Gasteiger partial charge in [0.25, 0.3) is 0 Å². The standard InChI is InChI=1S/C19H30INO3/c1-3-5-6-7-8-9-10-11-12-13-17(22)15-14-16(21-18(15)20)19(23)24-4-2/h14,21H,3-13H2,1-2H3. The lowest BCUT2D eigenvalue weighted by atomic mass is 10.0. The van der Waals surface area contributed by atoms with Crippen LogP contribution in [0.2, 0.25) is 0 Å². The molecular formula is C19H30INO3. The molecule has 0 bridgehead atoms. The number of rotatable bonds is 13. The molecule has 0 spiro atoms. The summed E-state index contributed by atoms with van der Waals surface area (Å²) in [6.45, 7) is 4.33. The van der Waals surface area contributed by atoms with Crippen molar-refractivity contribution in [1.82, 2.24) is 4.98 Å². The highest BCUT2D eigenvalue weighted by Gasteiger charge is 2.17. The molecule has 0 fully saturated rings. The molecule has 0 radical (unpaired) electrons. The molecule has 0 aliphatic carbocycles. The Kier molecular flexibility index (Phi) is 11.0. The second-order valence-electron chi connectivity index (χ2n) is 6.13. The van der Waals surface area contributed by atoms with Crippen molar-refractivity contribution in [3.63, 3.8) is 0 Å². The van der Waals surface area contributed by atoms with Crippen LogP contribution < -0.4 is 0 Å². The number of aromatic amines is 1. The van der Waals surface area contributed by atoms with Crippen molar-refractivity contribution in [2.75, 3.05) is 6.61 Å². The van der Waals surface area contributed by atoms with Crippen molar-refractivity contribution in [1.29, 1.82) is 0 Å². The summed E-state index contributed by atoms with van der Waals surface area (Å²) in [6.07, 6.45) is 11.7. The maximum atomic E-state index is 12.3. The van der Waals surface area contributed by atoms with E-state index in [2.05, 4.69) is 34.5 Å². The van der Waals surface area contributed by atoms with Crippen LogP contribution in [0.5, 0.6) is 0 Å². The first-order valence-corrected chi connectivity index (χ1v) is 10.3. The number of hydrogen-bond donors (Lipinski definition) is 1. The minimum absolute atomic E-state index is 0.106. The molecule has 24 heavy (non-hydrogen) atoms. The lowest BCUT2D eigenvalue weighted by Crippen LogP contribution is -2.04. The van der Waals surface area contributed by atoms with E-state index in [9.17, 15) is 9.59 Å². The maximum absolute atomic E-state index is 12.3. The fourth-order valence-electron chi connectivity index (χ4n) is 2.68. The third-order valence-electron chi connectivity index (χ3n) is 4.07. The minimum atomic E-state index is -0.405. The molecule has 0 atom stereocenters. The van der Waals surface area contributed by atoms with Gasteiger partial charge in [-0.3, -0.25) is 4.79 Å². The Hall–Kier alpha value is -0.850. The van der Waals surface area contributed by atoms with Crippen LogP contribution in [0.25, 0.3) is 0 Å². The van der Waals surface area contributed by atoms with E-state index >= 15 is 0 Å². The number of carbonyl (C=O) groups is 2. The van der Waals surface area contributed by atoms with E-state index in [0.717, 1.165) is 16.5 Å². The average molecular weight is 447 g/mol. The van der Waals surface area contributed by atoms with Crippen LogP contribution in [0.15, 0.2) is 6.07 Å². The Morgan fingerprint density at radius 1 is 1.00 bits per heavy atom. The van der Waals surface area contributed by atoms with Gasteiger partial charge in [0.2, 0.25) is 0 Å². The minimum Gasteiger partial charge on any atom is -0.461 e. The van der Waals surface area contributed by atoms with Gasteiger partial charge >= 0.3 is 5.97 Å². The molecule has 0 aromatic carbocycles. The van der Waals surface area contributed by atoms with Gasteiger partial charge in [-0.1, -0.05) is 58.3 Å². The van der Waals surface area contributed by atoms with E-state index in [1.807, 2.05) is 0 Å². The molecule has 4 nitrogen and oxygen atoms in total. The number of ether oxygens (including phenoxy) is 1. The molecule has 136 valence electrons. The number of esters is 1. The van der Waals surface area contributed by atoms with Crippen LogP contribution in [0.4, 0.5) is 0 Å². The van der Waals surface area contributed by atoms with E-state index in [1.165, 1.54) is 44.9 Å². The number of H-pyrrole nitrogens is 1. The molecule has 1 heterocycles. The zero-order valence-corrected chi connectivity index (χ0v) is 17.1. The summed E-state index contributed by atoms with van der Waals surface area (Å²) in [4.78, 5) is 26.9. The molecule has 0 saturated carbocycles. The second kappa shape index (κ2) is 12.5. The summed E-state index contributed by atoms with van der Waals surface area (Å²) in [6, 6.07) is 1.62. The number of halogens is 1. The van der Waals surface area contributed by atoms with Crippen molar-refractivity contribution in [3.8, 4) is 0 Å². The van der Waals surface area contributed by atoms with Crippen molar-refractivity contribution < 1.29 is 14.3 Å². The van der Waals surface area contributed by atoms with Gasteiger partial charge in [-0.25, -0.2) is 4.79 Å². The average Bonchev–Trinajstić information content (AvgIpc) is 2.95. The predicted molar refractivity (Wildman–Crippen MR) is 106 cm³/mol. The van der Waals surface area contributed by atoms with Crippen LogP contribution in [-0.4, -0.2) is 23.3 Å². The summed E-state index contributed by atoms with van der Waals surface area (Å²) >= 11 is 2.06. The summed E-state index contributed by atoms with van der Waals surface area (Å²) in [5.74, 6) is -0.299. The zero-order valence-electron chi connectivity index (χ0n) is 15.0. The van der Waals surface area contributed by atoms with E-state index in [-0.39, 0.29) is 5.78 Å². The van der Waals surface area contributed by atoms with Crippen LogP contribution in [0.1, 0.15) is 98.9 Å². The van der Waals surface area contributed by atoms with Crippen molar-refractivity contribution in [2.24, 2.45) is 0 Å². The summed E-state index contributed by atoms with van der Waals surface area (Å²) in [5, 5.41) is 0. The van der Waals surface area contributed by atoms with Crippen LogP contribution in [-0.2, 0) is 4.74 Å². The van der Waals surface area contributed by atoms with Crippen molar-refractivity contribution >= 4 is 34.3 Å². The first-order chi connectivity index (χ1) is 11.6. The fourth-order valence-corrected chi connectivity index (χ4v) is 3.43. The van der Waals surface area contributed by atoms with Crippen LogP contribution in [0.3, 0.4) is 0 Å². The largest absolute Gasteiger partial charge is 0.461 e. The summed E-state index contributed by atoms with van der Waals surface area (Å²) in [7, 11) is 0. The van der Waals surface area contributed by atoms with E-state index in [4.69, 9.17) is 4.74 Å². The van der Waals surface area contributed by atoms with Crippen LogP contribution in [0, 0.1) is 3.70 Å². The number of unbranched alkanes of at least 4 members (excludes halogenated alkanes) is 8. The second-order valence-corrected chi connectivity index (χ2v) is 7.21. The number of hydrogen-bond acceptors (Lipinski definition) is 3. The Labute approximate surface area is 159 Å². The highest BCUT2D eigenvalue weighted by molar-refractivity contribution is 14.1. The Morgan fingerprint density at radius 3 is 2.17 bits per heavy atom. The quantitative estimate of drug-likeness (QED) is 0.177. The molecule has 1 rings (SSSR count). The van der Waals surface area contributed by atoms with Gasteiger partial charge in [-0.05, 0) is 42.0 Å². The zero-order chi connectivity index (χ0) is 17.8. The fraction of sp³-hybridized carbons (Fsp3) is 0.684. The van der Waals surface area contributed by atoms with Crippen molar-refractivity contribution in [2.45, 2.75) is 78.1 Å². The first kappa shape index (κ1) is 21.2. The Morgan fingerprint density at radius 2 is 1.58 bits per heavy atom. The predicted octanol–water partition coefficient (Wildman–Crippen LogP) is 5.90. The van der Waals surface area contributed by atoms with E-state index in [0.29, 0.717) is 24.3 Å². The Balaban J connectivity index is 2.25. The monoisotopic (exact) mass is 447 g/mol.